The third kappa shape index (κ3) is 7.07. The lowest BCUT2D eigenvalue weighted by molar-refractivity contribution is -2.00. The molecule has 8 heteroatoms. The van der Waals surface area contributed by atoms with Gasteiger partial charge in [0.1, 0.15) is 29.2 Å². The number of rotatable bonds is 8. The predicted molar refractivity (Wildman–Crippen MR) is 94.6 cm³/mol. The van der Waals surface area contributed by atoms with E-state index in [1.807, 2.05) is 19.9 Å². The first-order chi connectivity index (χ1) is 13.2. The fourth-order valence-corrected chi connectivity index (χ4v) is 3.28. The highest BCUT2D eigenvalue weighted by Crippen LogP contribution is 2.41. The van der Waals surface area contributed by atoms with Crippen molar-refractivity contribution < 1.29 is 42.9 Å². The van der Waals surface area contributed by atoms with Crippen LogP contribution in [-0.2, 0) is 6.54 Å². The number of halogens is 1. The lowest BCUT2D eigenvalue weighted by atomic mass is 10.1. The van der Waals surface area contributed by atoms with Gasteiger partial charge in [0.25, 0.3) is 0 Å². The van der Waals surface area contributed by atoms with Gasteiger partial charge in [0.2, 0.25) is 0 Å². The van der Waals surface area contributed by atoms with Crippen LogP contribution >= 0.6 is 0 Å². The van der Waals surface area contributed by atoms with Crippen LogP contribution in [0.3, 0.4) is 0 Å². The quantitative estimate of drug-likeness (QED) is 0.440. The SMILES string of the molecule is CCCCC[n+]1c(C)c2c(OCC)cccc(OCC)c-2c1C.[O-][Cl+3]([O-])([O-])[O-]. The van der Waals surface area contributed by atoms with Gasteiger partial charge < -0.3 is 9.47 Å². The van der Waals surface area contributed by atoms with Gasteiger partial charge in [-0.1, -0.05) is 19.4 Å². The second-order valence-electron chi connectivity index (χ2n) is 6.28. The van der Waals surface area contributed by atoms with Crippen LogP contribution in [0.1, 0.15) is 51.4 Å². The maximum atomic E-state index is 8.49. The van der Waals surface area contributed by atoms with Gasteiger partial charge in [-0.15, -0.1) is 10.2 Å². The molecule has 0 saturated carbocycles. The highest BCUT2D eigenvalue weighted by molar-refractivity contribution is 5.79. The largest absolute Gasteiger partial charge is 0.493 e. The van der Waals surface area contributed by atoms with Gasteiger partial charge in [0, 0.05) is 20.3 Å². The highest BCUT2D eigenvalue weighted by atomic mass is 35.7. The van der Waals surface area contributed by atoms with Crippen LogP contribution in [0, 0.1) is 24.1 Å². The standard InChI is InChI=1S/C20H30NO2.ClHO4/c1-6-9-10-14-21-15(4)19-17(22-7-2)12-11-13-18(23-8-3)20(19)16(21)5;2-1(3,4)5/h11-13H,6-10,14H2,1-5H3;(H,2,3,4,5)/q+1;/p-1. The number of aromatic nitrogens is 1. The molecule has 0 spiro atoms. The molecule has 0 saturated heterocycles. The lowest BCUT2D eigenvalue weighted by Gasteiger charge is -2.17. The first kappa shape index (κ1) is 24.4. The van der Waals surface area contributed by atoms with E-state index in [1.165, 1.54) is 41.8 Å². The zero-order valence-corrected chi connectivity index (χ0v) is 18.0. The molecule has 0 amide bonds. The molecule has 0 aromatic carbocycles. The van der Waals surface area contributed by atoms with E-state index >= 15 is 0 Å². The van der Waals surface area contributed by atoms with Crippen LogP contribution in [0.25, 0.3) is 11.1 Å². The Balaban J connectivity index is 0.000000696. The van der Waals surface area contributed by atoms with Crippen LogP contribution in [0.5, 0.6) is 11.5 Å². The van der Waals surface area contributed by atoms with Gasteiger partial charge in [0.15, 0.2) is 11.4 Å². The first-order valence-corrected chi connectivity index (χ1v) is 10.7. The third-order valence-corrected chi connectivity index (χ3v) is 4.36. The number of ether oxygens (including phenoxy) is 2. The summed E-state index contributed by atoms with van der Waals surface area (Å²) in [7, 11) is -4.94. The zero-order valence-electron chi connectivity index (χ0n) is 17.2. The Hall–Kier alpha value is -1.64. The summed E-state index contributed by atoms with van der Waals surface area (Å²) < 4.78 is 48.2. The molecule has 0 radical (unpaired) electrons. The first-order valence-electron chi connectivity index (χ1n) is 9.48. The smallest absolute Gasteiger partial charge is 0.190 e. The lowest BCUT2D eigenvalue weighted by Crippen LogP contribution is -2.68. The molecule has 2 rings (SSSR count). The minimum Gasteiger partial charge on any atom is -0.493 e. The average Bonchev–Trinajstić information content (AvgIpc) is 2.73. The summed E-state index contributed by atoms with van der Waals surface area (Å²) in [6.45, 7) is 13.1. The third-order valence-electron chi connectivity index (χ3n) is 4.36. The van der Waals surface area contributed by atoms with Crippen molar-refractivity contribution in [3.63, 3.8) is 0 Å². The van der Waals surface area contributed by atoms with Crippen molar-refractivity contribution in [3.8, 4) is 22.6 Å². The summed E-state index contributed by atoms with van der Waals surface area (Å²) in [5.74, 6) is 1.89. The second-order valence-corrected chi connectivity index (χ2v) is 7.03. The van der Waals surface area contributed by atoms with Gasteiger partial charge in [-0.25, -0.2) is 18.6 Å². The number of nitrogens with zero attached hydrogens (tertiary/aromatic N) is 1. The fourth-order valence-electron chi connectivity index (χ4n) is 3.28. The van der Waals surface area contributed by atoms with Crippen molar-refractivity contribution in [2.24, 2.45) is 0 Å². The van der Waals surface area contributed by atoms with E-state index in [2.05, 4.69) is 37.5 Å². The normalized spacial score (nSPS) is 11.2. The Morgan fingerprint density at radius 3 is 1.61 bits per heavy atom. The maximum absolute atomic E-state index is 8.49. The topological polar surface area (TPSA) is 115 Å². The van der Waals surface area contributed by atoms with E-state index in [-0.39, 0.29) is 0 Å². The van der Waals surface area contributed by atoms with Gasteiger partial charge in [-0.3, -0.25) is 0 Å². The number of fused-ring (bicyclic) bond motifs is 1. The van der Waals surface area contributed by atoms with E-state index in [4.69, 9.17) is 28.1 Å². The van der Waals surface area contributed by atoms with Crippen LogP contribution in [0.4, 0.5) is 0 Å². The molecule has 28 heavy (non-hydrogen) atoms. The molecule has 2 aliphatic rings. The van der Waals surface area contributed by atoms with Crippen molar-refractivity contribution in [1.29, 1.82) is 0 Å². The number of unbranched alkanes of at least 4 members (excludes halogenated alkanes) is 2. The molecule has 1 aliphatic heterocycles. The van der Waals surface area contributed by atoms with Crippen LogP contribution < -0.4 is 32.7 Å². The molecule has 0 bridgehead atoms. The van der Waals surface area contributed by atoms with E-state index in [0.29, 0.717) is 13.2 Å². The molecular weight excluding hydrogens is 386 g/mol. The van der Waals surface area contributed by atoms with Crippen molar-refractivity contribution >= 4 is 0 Å². The molecule has 1 heterocycles. The van der Waals surface area contributed by atoms with Gasteiger partial charge >= 0.3 is 0 Å². The molecule has 0 aromatic heterocycles. The van der Waals surface area contributed by atoms with Crippen molar-refractivity contribution in [3.05, 3.63) is 29.6 Å². The molecule has 0 atom stereocenters. The Morgan fingerprint density at radius 2 is 1.25 bits per heavy atom. The molecule has 158 valence electrons. The Bertz CT molecular complexity index is 664. The number of hydrogen-bond donors (Lipinski definition) is 0. The van der Waals surface area contributed by atoms with E-state index in [1.54, 1.807) is 0 Å². The van der Waals surface area contributed by atoms with E-state index < -0.39 is 10.2 Å². The van der Waals surface area contributed by atoms with Crippen LogP contribution in [0.15, 0.2) is 18.2 Å². The minimum atomic E-state index is -4.94. The van der Waals surface area contributed by atoms with E-state index in [0.717, 1.165) is 18.0 Å². The summed E-state index contributed by atoms with van der Waals surface area (Å²) in [4.78, 5) is 0. The second kappa shape index (κ2) is 11.4. The fraction of sp³-hybridized carbons (Fsp3) is 0.550. The molecular formula is C20H30ClNO6. The molecule has 1 aliphatic carbocycles. The summed E-state index contributed by atoms with van der Waals surface area (Å²) in [5.41, 5.74) is 4.92. The zero-order chi connectivity index (χ0) is 21.3. The van der Waals surface area contributed by atoms with Crippen molar-refractivity contribution in [2.45, 2.75) is 60.4 Å². The average molecular weight is 416 g/mol. The summed E-state index contributed by atoms with van der Waals surface area (Å²) in [6.07, 6.45) is 3.71. The van der Waals surface area contributed by atoms with Crippen molar-refractivity contribution in [1.82, 2.24) is 0 Å². The van der Waals surface area contributed by atoms with Gasteiger partial charge in [-0.05, 0) is 32.4 Å². The number of hydrogen-bond acceptors (Lipinski definition) is 6. The summed E-state index contributed by atoms with van der Waals surface area (Å²) >= 11 is 0. The van der Waals surface area contributed by atoms with Crippen LogP contribution in [0.2, 0.25) is 0 Å². The minimum absolute atomic E-state index is 0.669. The summed E-state index contributed by atoms with van der Waals surface area (Å²) in [5, 5.41) is 0. The Labute approximate surface area is 169 Å². The molecule has 7 nitrogen and oxygen atoms in total. The summed E-state index contributed by atoms with van der Waals surface area (Å²) in [6, 6.07) is 6.13. The highest BCUT2D eigenvalue weighted by Gasteiger charge is 2.31. The Kier molecular flexibility index (Phi) is 9.92. The monoisotopic (exact) mass is 415 g/mol. The molecule has 0 unspecified atom stereocenters. The van der Waals surface area contributed by atoms with Crippen LogP contribution in [-0.4, -0.2) is 13.2 Å². The predicted octanol–water partition coefficient (Wildman–Crippen LogP) is -0.0727. The van der Waals surface area contributed by atoms with E-state index in [9.17, 15) is 0 Å². The van der Waals surface area contributed by atoms with Gasteiger partial charge in [-0.2, -0.15) is 4.57 Å². The Morgan fingerprint density at radius 1 is 0.821 bits per heavy atom. The maximum Gasteiger partial charge on any atom is 0.190 e. The molecule has 0 aromatic rings. The van der Waals surface area contributed by atoms with Gasteiger partial charge in [0.05, 0.1) is 13.2 Å². The van der Waals surface area contributed by atoms with Crippen molar-refractivity contribution in [2.75, 3.05) is 13.2 Å². The molecule has 0 N–H and O–H groups in total. The molecule has 0 fully saturated rings.